The molecule has 1 aliphatic heterocycles. The lowest BCUT2D eigenvalue weighted by molar-refractivity contribution is -0.164. The Morgan fingerprint density at radius 1 is 0.617 bits per heavy atom. The van der Waals surface area contributed by atoms with Crippen LogP contribution in [0.15, 0.2) is 0 Å². The second kappa shape index (κ2) is 29.7. The Bertz CT molecular complexity index is 743. The largest absolute Gasteiger partial charge is 0.463 e. The Kier molecular flexibility index (Phi) is 27.8. The Morgan fingerprint density at radius 3 is 1.47 bits per heavy atom. The number of hydrogen-bond acceptors (Lipinski definition) is 6. The minimum atomic E-state index is -0.389. The number of carbonyl (C=O) groups is 2. The Morgan fingerprint density at radius 2 is 1.02 bits per heavy atom. The molecule has 0 aromatic heterocycles. The maximum Gasteiger partial charge on any atom is 0.309 e. The van der Waals surface area contributed by atoms with Gasteiger partial charge in [-0.15, -0.1) is 0 Å². The van der Waals surface area contributed by atoms with Crippen LogP contribution in [0.25, 0.3) is 0 Å². The fourth-order valence-electron chi connectivity index (χ4n) is 6.98. The smallest absolute Gasteiger partial charge is 0.309 e. The fraction of sp³-hybridized carbons (Fsp3) is 0.951. The molecule has 278 valence electrons. The molecule has 0 aromatic rings. The standard InChI is InChI=1S/C41H79NO5/c1-7-11-15-19-21-25-28-35(27-23-17-13-9-3)40(43)46-34-38-39(37(33-45-38)31-32-42(5)6)47-41(44)36(29-24-18-14-10-4)30-26-22-20-16-12-8-2/h35-39H,7-34H2,1-6H3/t35?,36?,37?,38-,39+/m1/s1. The van der Waals surface area contributed by atoms with Crippen molar-refractivity contribution in [2.45, 2.75) is 200 Å². The van der Waals surface area contributed by atoms with Crippen LogP contribution >= 0.6 is 0 Å². The van der Waals surface area contributed by atoms with Gasteiger partial charge in [0.1, 0.15) is 18.8 Å². The van der Waals surface area contributed by atoms with Crippen molar-refractivity contribution >= 4 is 11.9 Å². The molecular weight excluding hydrogens is 586 g/mol. The Balaban J connectivity index is 2.87. The van der Waals surface area contributed by atoms with Gasteiger partial charge in [0.05, 0.1) is 18.4 Å². The molecule has 1 fully saturated rings. The van der Waals surface area contributed by atoms with E-state index in [1.54, 1.807) is 0 Å². The van der Waals surface area contributed by atoms with Gasteiger partial charge in [-0.25, -0.2) is 0 Å². The van der Waals surface area contributed by atoms with Crippen LogP contribution in [0, 0.1) is 17.8 Å². The van der Waals surface area contributed by atoms with Crippen LogP contribution in [0.3, 0.4) is 0 Å². The summed E-state index contributed by atoms with van der Waals surface area (Å²) in [4.78, 5) is 29.4. The van der Waals surface area contributed by atoms with Gasteiger partial charge in [-0.2, -0.15) is 0 Å². The van der Waals surface area contributed by atoms with Gasteiger partial charge in [-0.05, 0) is 52.7 Å². The summed E-state index contributed by atoms with van der Waals surface area (Å²) in [7, 11) is 4.15. The second-order valence-corrected chi connectivity index (χ2v) is 15.0. The number of esters is 2. The lowest BCUT2D eigenvalue weighted by Crippen LogP contribution is -2.38. The third-order valence-electron chi connectivity index (χ3n) is 10.2. The Hall–Kier alpha value is -1.14. The van der Waals surface area contributed by atoms with Gasteiger partial charge in [0.2, 0.25) is 0 Å². The molecular formula is C41H79NO5. The number of unbranched alkanes of at least 4 members (excludes halogenated alkanes) is 16. The molecule has 6 nitrogen and oxygen atoms in total. The summed E-state index contributed by atoms with van der Waals surface area (Å²) in [6.07, 6.45) is 27.8. The molecule has 3 unspecified atom stereocenters. The topological polar surface area (TPSA) is 65.1 Å². The molecule has 0 amide bonds. The first-order valence-electron chi connectivity index (χ1n) is 20.5. The van der Waals surface area contributed by atoms with Gasteiger partial charge < -0.3 is 19.1 Å². The van der Waals surface area contributed by atoms with Gasteiger partial charge in [-0.3, -0.25) is 9.59 Å². The third-order valence-corrected chi connectivity index (χ3v) is 10.2. The summed E-state index contributed by atoms with van der Waals surface area (Å²) in [5, 5.41) is 0. The zero-order valence-electron chi connectivity index (χ0n) is 32.2. The fourth-order valence-corrected chi connectivity index (χ4v) is 6.98. The molecule has 1 heterocycles. The van der Waals surface area contributed by atoms with E-state index in [1.165, 1.54) is 103 Å². The van der Waals surface area contributed by atoms with Crippen molar-refractivity contribution in [2.24, 2.45) is 17.8 Å². The number of carbonyl (C=O) groups excluding carboxylic acids is 2. The first kappa shape index (κ1) is 43.9. The SMILES string of the molecule is CCCCCCCCC(CCCCCC)C(=O)OC[C@H]1OCC(CCN(C)C)[C@@H]1OC(=O)C(CCCCCC)CCCCCCCC. The van der Waals surface area contributed by atoms with Crippen LogP contribution in [0.2, 0.25) is 0 Å². The van der Waals surface area contributed by atoms with Crippen LogP contribution in [0.1, 0.15) is 188 Å². The van der Waals surface area contributed by atoms with Crippen LogP contribution in [-0.4, -0.2) is 62.9 Å². The van der Waals surface area contributed by atoms with Gasteiger partial charge >= 0.3 is 11.9 Å². The molecule has 0 saturated carbocycles. The summed E-state index contributed by atoms with van der Waals surface area (Å²) in [6.45, 7) is 10.6. The summed E-state index contributed by atoms with van der Waals surface area (Å²) in [5.41, 5.74) is 0. The van der Waals surface area contributed by atoms with Crippen LogP contribution < -0.4 is 0 Å². The normalized spacial score (nSPS) is 19.3. The molecule has 5 atom stereocenters. The minimum Gasteiger partial charge on any atom is -0.463 e. The zero-order chi connectivity index (χ0) is 34.5. The van der Waals surface area contributed by atoms with Crippen LogP contribution in [-0.2, 0) is 23.8 Å². The molecule has 6 heteroatoms. The van der Waals surface area contributed by atoms with Crippen molar-refractivity contribution in [3.05, 3.63) is 0 Å². The van der Waals surface area contributed by atoms with E-state index in [9.17, 15) is 9.59 Å². The van der Waals surface area contributed by atoms with E-state index >= 15 is 0 Å². The molecule has 1 saturated heterocycles. The Labute approximate surface area is 292 Å². The monoisotopic (exact) mass is 666 g/mol. The highest BCUT2D eigenvalue weighted by atomic mass is 16.6. The summed E-state index contributed by atoms with van der Waals surface area (Å²) >= 11 is 0. The predicted molar refractivity (Wildman–Crippen MR) is 198 cm³/mol. The molecule has 1 aliphatic rings. The highest BCUT2D eigenvalue weighted by Gasteiger charge is 2.42. The van der Waals surface area contributed by atoms with E-state index < -0.39 is 0 Å². The van der Waals surface area contributed by atoms with E-state index in [-0.39, 0.29) is 48.5 Å². The third kappa shape index (κ3) is 21.5. The van der Waals surface area contributed by atoms with Crippen molar-refractivity contribution < 1.29 is 23.8 Å². The van der Waals surface area contributed by atoms with Gasteiger partial charge in [-0.1, -0.05) is 156 Å². The first-order chi connectivity index (χ1) is 22.9. The summed E-state index contributed by atoms with van der Waals surface area (Å²) in [6, 6.07) is 0. The lowest BCUT2D eigenvalue weighted by atomic mass is 9.93. The quantitative estimate of drug-likeness (QED) is 0.0526. The molecule has 1 rings (SSSR count). The average Bonchev–Trinajstić information content (AvgIpc) is 3.44. The molecule has 0 bridgehead atoms. The molecule has 0 aliphatic carbocycles. The molecule has 0 N–H and O–H groups in total. The number of hydrogen-bond donors (Lipinski definition) is 0. The second-order valence-electron chi connectivity index (χ2n) is 15.0. The van der Waals surface area contributed by atoms with E-state index in [2.05, 4.69) is 46.7 Å². The highest BCUT2D eigenvalue weighted by Crippen LogP contribution is 2.30. The average molecular weight is 666 g/mol. The maximum absolute atomic E-state index is 13.8. The minimum absolute atomic E-state index is 0.0465. The van der Waals surface area contributed by atoms with Crippen molar-refractivity contribution in [3.63, 3.8) is 0 Å². The van der Waals surface area contributed by atoms with Gasteiger partial charge in [0.25, 0.3) is 0 Å². The van der Waals surface area contributed by atoms with Crippen molar-refractivity contribution in [2.75, 3.05) is 33.9 Å². The predicted octanol–water partition coefficient (Wildman–Crippen LogP) is 11.1. The molecule has 0 aromatic carbocycles. The van der Waals surface area contributed by atoms with Gasteiger partial charge in [0, 0.05) is 5.92 Å². The van der Waals surface area contributed by atoms with E-state index in [0.717, 1.165) is 64.3 Å². The maximum atomic E-state index is 13.8. The van der Waals surface area contributed by atoms with Crippen LogP contribution in [0.5, 0.6) is 0 Å². The van der Waals surface area contributed by atoms with Crippen LogP contribution in [0.4, 0.5) is 0 Å². The van der Waals surface area contributed by atoms with Crippen molar-refractivity contribution in [3.8, 4) is 0 Å². The number of rotatable bonds is 32. The summed E-state index contributed by atoms with van der Waals surface area (Å²) in [5.74, 6) is -0.130. The van der Waals surface area contributed by atoms with Crippen molar-refractivity contribution in [1.82, 2.24) is 4.90 Å². The van der Waals surface area contributed by atoms with E-state index in [1.807, 2.05) is 0 Å². The van der Waals surface area contributed by atoms with Gasteiger partial charge in [0.15, 0.2) is 0 Å². The highest BCUT2D eigenvalue weighted by molar-refractivity contribution is 5.73. The molecule has 0 radical (unpaired) electrons. The molecule has 47 heavy (non-hydrogen) atoms. The number of nitrogens with zero attached hydrogens (tertiary/aromatic N) is 1. The summed E-state index contributed by atoms with van der Waals surface area (Å²) < 4.78 is 18.7. The first-order valence-corrected chi connectivity index (χ1v) is 20.5. The number of ether oxygens (including phenoxy) is 3. The van der Waals surface area contributed by atoms with E-state index in [0.29, 0.717) is 6.61 Å². The van der Waals surface area contributed by atoms with E-state index in [4.69, 9.17) is 14.2 Å². The lowest BCUT2D eigenvalue weighted by Gasteiger charge is -2.27. The molecule has 0 spiro atoms. The van der Waals surface area contributed by atoms with Crippen molar-refractivity contribution in [1.29, 1.82) is 0 Å². The zero-order valence-corrected chi connectivity index (χ0v) is 32.2.